The molecule has 4 aromatic carbocycles. The number of hydrogen-bond acceptors (Lipinski definition) is 4. The molecule has 1 aliphatic heterocycles. The number of carbonyl (C=O) groups is 3. The van der Waals surface area contributed by atoms with Gasteiger partial charge in [-0.3, -0.25) is 19.3 Å². The van der Waals surface area contributed by atoms with Gasteiger partial charge in [0.15, 0.2) is 6.73 Å². The monoisotopic (exact) mass is 571 g/mol. The summed E-state index contributed by atoms with van der Waals surface area (Å²) in [5, 5.41) is 5.87. The van der Waals surface area contributed by atoms with Crippen molar-refractivity contribution in [2.24, 2.45) is 5.92 Å². The fourth-order valence-corrected chi connectivity index (χ4v) is 4.58. The van der Waals surface area contributed by atoms with Crippen LogP contribution < -0.4 is 20.3 Å². The van der Waals surface area contributed by atoms with Gasteiger partial charge in [0.1, 0.15) is 11.6 Å². The molecule has 0 spiro atoms. The Bertz CT molecular complexity index is 1640. The van der Waals surface area contributed by atoms with Crippen molar-refractivity contribution in [1.82, 2.24) is 5.32 Å². The molecule has 0 aromatic heterocycles. The molecule has 5 rings (SSSR count). The van der Waals surface area contributed by atoms with Crippen LogP contribution in [0.4, 0.5) is 15.8 Å². The van der Waals surface area contributed by atoms with Crippen LogP contribution in [0.3, 0.4) is 0 Å². The lowest BCUT2D eigenvalue weighted by Gasteiger charge is -2.29. The van der Waals surface area contributed by atoms with Crippen LogP contribution in [-0.2, 0) is 11.3 Å². The number of halogens is 2. The first-order chi connectivity index (χ1) is 19.7. The highest BCUT2D eigenvalue weighted by molar-refractivity contribution is 6.34. The summed E-state index contributed by atoms with van der Waals surface area (Å²) in [7, 11) is 0. The van der Waals surface area contributed by atoms with E-state index in [1.165, 1.54) is 17.0 Å². The van der Waals surface area contributed by atoms with Crippen molar-refractivity contribution in [1.29, 1.82) is 0 Å². The van der Waals surface area contributed by atoms with Crippen LogP contribution in [0, 0.1) is 11.7 Å². The summed E-state index contributed by atoms with van der Waals surface area (Å²) in [5.41, 5.74) is 3.81. The number of hydrogen-bond donors (Lipinski definition) is 2. The van der Waals surface area contributed by atoms with Gasteiger partial charge in [-0.25, -0.2) is 4.39 Å². The van der Waals surface area contributed by atoms with Crippen molar-refractivity contribution in [3.63, 3.8) is 0 Å². The highest BCUT2D eigenvalue weighted by atomic mass is 35.5. The van der Waals surface area contributed by atoms with Gasteiger partial charge < -0.3 is 15.4 Å². The second kappa shape index (κ2) is 11.8. The Morgan fingerprint density at radius 2 is 1.76 bits per heavy atom. The van der Waals surface area contributed by atoms with E-state index in [1.54, 1.807) is 68.4 Å². The molecule has 0 unspecified atom stereocenters. The molecule has 3 amide bonds. The molecule has 0 fully saturated rings. The predicted molar refractivity (Wildman–Crippen MR) is 157 cm³/mol. The lowest BCUT2D eigenvalue weighted by atomic mass is 10.0. The summed E-state index contributed by atoms with van der Waals surface area (Å²) in [5.74, 6) is -0.917. The highest BCUT2D eigenvalue weighted by Crippen LogP contribution is 2.32. The van der Waals surface area contributed by atoms with Gasteiger partial charge >= 0.3 is 0 Å². The molecule has 7 nitrogen and oxygen atoms in total. The molecular weight excluding hydrogens is 545 g/mol. The molecular formula is C32H27ClFN3O4. The number of nitrogens with zero attached hydrogens (tertiary/aromatic N) is 1. The topological polar surface area (TPSA) is 87.7 Å². The number of rotatable bonds is 7. The Morgan fingerprint density at radius 3 is 2.49 bits per heavy atom. The summed E-state index contributed by atoms with van der Waals surface area (Å²) < 4.78 is 19.4. The lowest BCUT2D eigenvalue weighted by molar-refractivity contribution is -0.124. The average molecular weight is 572 g/mol. The molecule has 208 valence electrons. The number of fused-ring (bicyclic) bond motifs is 1. The van der Waals surface area contributed by atoms with Crippen molar-refractivity contribution in [3.8, 4) is 16.9 Å². The maximum Gasteiger partial charge on any atom is 0.264 e. The molecule has 1 aliphatic rings. The van der Waals surface area contributed by atoms with Crippen molar-refractivity contribution >= 4 is 40.7 Å². The maximum atomic E-state index is 13.6. The number of benzene rings is 4. The zero-order chi connectivity index (χ0) is 29.1. The smallest absolute Gasteiger partial charge is 0.264 e. The third kappa shape index (κ3) is 6.23. The third-order valence-corrected chi connectivity index (χ3v) is 7.00. The molecule has 9 heteroatoms. The van der Waals surface area contributed by atoms with E-state index in [0.29, 0.717) is 22.7 Å². The number of ether oxygens (including phenoxy) is 1. The van der Waals surface area contributed by atoms with E-state index in [9.17, 15) is 18.8 Å². The van der Waals surface area contributed by atoms with Crippen molar-refractivity contribution in [3.05, 3.63) is 112 Å². The van der Waals surface area contributed by atoms with Gasteiger partial charge in [-0.15, -0.1) is 0 Å². The summed E-state index contributed by atoms with van der Waals surface area (Å²) in [6.07, 6.45) is 0. The Balaban J connectivity index is 1.31. The standard InChI is InChI=1S/C32H27ClFN3O4/c1-19(2)30(38)35-17-20-6-12-28(33)26(14-20)31(39)36-24-9-13-29-27(16-24)32(40)37(18-41-29)25-10-7-21(8-11-25)22-4-3-5-23(34)15-22/h3-16,19H,17-18H2,1-2H3,(H,35,38)(H,36,39). The first kappa shape index (κ1) is 27.9. The third-order valence-electron chi connectivity index (χ3n) is 6.67. The maximum absolute atomic E-state index is 13.6. The SMILES string of the molecule is CC(C)C(=O)NCc1ccc(Cl)c(C(=O)Nc2ccc3c(c2)C(=O)N(c2ccc(-c4cccc(F)c4)cc2)CO3)c1. The fourth-order valence-electron chi connectivity index (χ4n) is 4.38. The van der Waals surface area contributed by atoms with Crippen molar-refractivity contribution in [2.45, 2.75) is 20.4 Å². The predicted octanol–water partition coefficient (Wildman–Crippen LogP) is 6.67. The zero-order valence-electron chi connectivity index (χ0n) is 22.4. The Hall–Kier alpha value is -4.69. The molecule has 41 heavy (non-hydrogen) atoms. The van der Waals surface area contributed by atoms with E-state index in [4.69, 9.17) is 16.3 Å². The first-order valence-corrected chi connectivity index (χ1v) is 13.4. The quantitative estimate of drug-likeness (QED) is 0.259. The van der Waals surface area contributed by atoms with E-state index in [0.717, 1.165) is 16.7 Å². The molecule has 0 saturated heterocycles. The van der Waals surface area contributed by atoms with Gasteiger partial charge in [-0.2, -0.15) is 0 Å². The van der Waals surface area contributed by atoms with E-state index < -0.39 is 5.91 Å². The minimum atomic E-state index is -0.457. The van der Waals surface area contributed by atoms with E-state index >= 15 is 0 Å². The van der Waals surface area contributed by atoms with Crippen LogP contribution in [0.1, 0.15) is 40.1 Å². The first-order valence-electron chi connectivity index (χ1n) is 13.0. The molecule has 0 saturated carbocycles. The Labute approximate surface area is 241 Å². The van der Waals surface area contributed by atoms with Gasteiger partial charge in [0.05, 0.1) is 16.1 Å². The van der Waals surface area contributed by atoms with Crippen LogP contribution in [0.15, 0.2) is 84.9 Å². The van der Waals surface area contributed by atoms with Crippen molar-refractivity contribution in [2.75, 3.05) is 16.9 Å². The highest BCUT2D eigenvalue weighted by Gasteiger charge is 2.27. The number of amides is 3. The summed E-state index contributed by atoms with van der Waals surface area (Å²) >= 11 is 6.31. The molecule has 0 atom stereocenters. The normalized spacial score (nSPS) is 12.5. The van der Waals surface area contributed by atoms with Crippen LogP contribution >= 0.6 is 11.6 Å². The fraction of sp³-hybridized carbons (Fsp3) is 0.156. The summed E-state index contributed by atoms with van der Waals surface area (Å²) in [4.78, 5) is 39.9. The minimum Gasteiger partial charge on any atom is -0.472 e. The van der Waals surface area contributed by atoms with Gasteiger partial charge in [0.25, 0.3) is 11.8 Å². The number of anilines is 2. The second-order valence-corrected chi connectivity index (χ2v) is 10.3. The minimum absolute atomic E-state index is 0.0204. The number of carbonyl (C=O) groups excluding carboxylic acids is 3. The zero-order valence-corrected chi connectivity index (χ0v) is 23.2. The van der Waals surface area contributed by atoms with Crippen LogP contribution in [0.5, 0.6) is 5.75 Å². The molecule has 4 aromatic rings. The molecule has 0 aliphatic carbocycles. The summed E-state index contributed by atoms with van der Waals surface area (Å²) in [6, 6.07) is 23.3. The lowest BCUT2D eigenvalue weighted by Crippen LogP contribution is -2.38. The molecule has 0 radical (unpaired) electrons. The second-order valence-electron chi connectivity index (χ2n) is 9.92. The Kier molecular flexibility index (Phi) is 8.03. The van der Waals surface area contributed by atoms with Crippen LogP contribution in [0.25, 0.3) is 11.1 Å². The number of nitrogens with one attached hydrogen (secondary N) is 2. The molecule has 1 heterocycles. The summed E-state index contributed by atoms with van der Waals surface area (Å²) in [6.45, 7) is 3.88. The van der Waals surface area contributed by atoms with E-state index in [-0.39, 0.29) is 47.4 Å². The van der Waals surface area contributed by atoms with Crippen LogP contribution in [-0.4, -0.2) is 24.5 Å². The van der Waals surface area contributed by atoms with Gasteiger partial charge in [-0.05, 0) is 71.3 Å². The Morgan fingerprint density at radius 1 is 0.976 bits per heavy atom. The van der Waals surface area contributed by atoms with Gasteiger partial charge in [0, 0.05) is 23.8 Å². The van der Waals surface area contributed by atoms with Gasteiger partial charge in [-0.1, -0.05) is 55.8 Å². The van der Waals surface area contributed by atoms with Crippen LogP contribution in [0.2, 0.25) is 5.02 Å². The molecule has 0 bridgehead atoms. The van der Waals surface area contributed by atoms with E-state index in [2.05, 4.69) is 10.6 Å². The molecule has 2 N–H and O–H groups in total. The average Bonchev–Trinajstić information content (AvgIpc) is 2.97. The van der Waals surface area contributed by atoms with Crippen molar-refractivity contribution < 1.29 is 23.5 Å². The largest absolute Gasteiger partial charge is 0.472 e. The van der Waals surface area contributed by atoms with Gasteiger partial charge in [0.2, 0.25) is 5.91 Å². The van der Waals surface area contributed by atoms with E-state index in [1.807, 2.05) is 18.2 Å².